The average molecular weight is 400 g/mol. The van der Waals surface area contributed by atoms with E-state index in [1.807, 2.05) is 0 Å². The highest BCUT2D eigenvalue weighted by molar-refractivity contribution is 5.93. The zero-order valence-electron chi connectivity index (χ0n) is 14.8. The third kappa shape index (κ3) is 6.32. The molecule has 2 aromatic rings. The molecule has 7 heteroatoms. The first-order chi connectivity index (χ1) is 11.7. The van der Waals surface area contributed by atoms with Crippen molar-refractivity contribution >= 4 is 30.7 Å². The Bertz CT molecular complexity index is 668. The number of carbonyl (C=O) groups excluding carboxylic acids is 1. The van der Waals surface area contributed by atoms with Gasteiger partial charge in [0, 0.05) is 13.1 Å². The van der Waals surface area contributed by atoms with Gasteiger partial charge in [0.1, 0.15) is 12.0 Å². The van der Waals surface area contributed by atoms with Gasteiger partial charge in [-0.2, -0.15) is 0 Å². The molecular formula is C19H27Cl2N3O2. The Labute approximate surface area is 167 Å². The molecule has 2 heterocycles. The summed E-state index contributed by atoms with van der Waals surface area (Å²) in [6, 6.07) is 10.2. The Kier molecular flexibility index (Phi) is 9.73. The molecule has 144 valence electrons. The molecule has 0 atom stereocenters. The van der Waals surface area contributed by atoms with Gasteiger partial charge in [0.25, 0.3) is 5.91 Å². The SMILES string of the molecule is Cl.Cl.NCc1cc(C(=O)NCc2ccc(CN3CCCCC3)cc2)co1. The van der Waals surface area contributed by atoms with Gasteiger partial charge < -0.3 is 15.5 Å². The van der Waals surface area contributed by atoms with E-state index in [9.17, 15) is 4.79 Å². The minimum atomic E-state index is -0.143. The molecule has 0 aliphatic carbocycles. The van der Waals surface area contributed by atoms with Crippen molar-refractivity contribution in [1.29, 1.82) is 0 Å². The molecule has 1 saturated heterocycles. The maximum absolute atomic E-state index is 12.1. The summed E-state index contributed by atoms with van der Waals surface area (Å²) in [5.41, 5.74) is 8.41. The van der Waals surface area contributed by atoms with Crippen LogP contribution in [0.15, 0.2) is 41.0 Å². The van der Waals surface area contributed by atoms with Gasteiger partial charge in [-0.25, -0.2) is 0 Å². The molecule has 1 aromatic heterocycles. The van der Waals surface area contributed by atoms with Crippen LogP contribution < -0.4 is 11.1 Å². The number of nitrogens with zero attached hydrogens (tertiary/aromatic N) is 1. The number of hydrogen-bond donors (Lipinski definition) is 2. The van der Waals surface area contributed by atoms with Gasteiger partial charge in [-0.05, 0) is 43.1 Å². The smallest absolute Gasteiger partial charge is 0.254 e. The predicted octanol–water partition coefficient (Wildman–Crippen LogP) is 3.50. The van der Waals surface area contributed by atoms with Gasteiger partial charge in [0.15, 0.2) is 0 Å². The molecule has 0 bridgehead atoms. The van der Waals surface area contributed by atoms with Crippen LogP contribution >= 0.6 is 24.8 Å². The molecule has 26 heavy (non-hydrogen) atoms. The lowest BCUT2D eigenvalue weighted by Gasteiger charge is -2.26. The van der Waals surface area contributed by atoms with Crippen molar-refractivity contribution in [2.24, 2.45) is 5.73 Å². The fourth-order valence-electron chi connectivity index (χ4n) is 3.03. The van der Waals surface area contributed by atoms with Crippen LogP contribution in [0.1, 0.15) is 46.5 Å². The molecule has 3 rings (SSSR count). The van der Waals surface area contributed by atoms with Crippen molar-refractivity contribution in [1.82, 2.24) is 10.2 Å². The lowest BCUT2D eigenvalue weighted by atomic mass is 10.1. The van der Waals surface area contributed by atoms with E-state index in [0.717, 1.165) is 12.1 Å². The minimum absolute atomic E-state index is 0. The first kappa shape index (κ1) is 22.5. The second-order valence-electron chi connectivity index (χ2n) is 6.34. The fraction of sp³-hybridized carbons (Fsp3) is 0.421. The first-order valence-electron chi connectivity index (χ1n) is 8.60. The van der Waals surface area contributed by atoms with E-state index >= 15 is 0 Å². The van der Waals surface area contributed by atoms with Gasteiger partial charge in [-0.15, -0.1) is 24.8 Å². The highest BCUT2D eigenvalue weighted by Gasteiger charge is 2.11. The molecule has 1 aliphatic heterocycles. The van der Waals surface area contributed by atoms with Crippen molar-refractivity contribution in [2.45, 2.75) is 38.9 Å². The summed E-state index contributed by atoms with van der Waals surface area (Å²) in [5, 5.41) is 2.90. The molecule has 1 fully saturated rings. The summed E-state index contributed by atoms with van der Waals surface area (Å²) in [7, 11) is 0. The standard InChI is InChI=1S/C19H25N3O2.2ClH/c20-11-18-10-17(14-24-18)19(23)21-12-15-4-6-16(7-5-15)13-22-8-2-1-3-9-22;;/h4-7,10,14H,1-3,8-9,11-13,20H2,(H,21,23);2*1H. The van der Waals surface area contributed by atoms with E-state index in [4.69, 9.17) is 10.2 Å². The molecule has 3 N–H and O–H groups in total. The Hall–Kier alpha value is -1.53. The van der Waals surface area contributed by atoms with E-state index in [2.05, 4.69) is 34.5 Å². The van der Waals surface area contributed by atoms with Gasteiger partial charge in [-0.3, -0.25) is 9.69 Å². The van der Waals surface area contributed by atoms with Crippen LogP contribution in [0.3, 0.4) is 0 Å². The van der Waals surface area contributed by atoms with Crippen LogP contribution in [0.5, 0.6) is 0 Å². The normalized spacial score (nSPS) is 14.2. The largest absolute Gasteiger partial charge is 0.467 e. The Morgan fingerprint density at radius 3 is 2.35 bits per heavy atom. The number of piperidine rings is 1. The number of benzene rings is 1. The van der Waals surface area contributed by atoms with Crippen LogP contribution in [-0.4, -0.2) is 23.9 Å². The van der Waals surface area contributed by atoms with E-state index < -0.39 is 0 Å². The zero-order valence-corrected chi connectivity index (χ0v) is 16.4. The third-order valence-electron chi connectivity index (χ3n) is 4.45. The number of amides is 1. The highest BCUT2D eigenvalue weighted by atomic mass is 35.5. The van der Waals surface area contributed by atoms with Crippen LogP contribution in [0.25, 0.3) is 0 Å². The number of likely N-dealkylation sites (tertiary alicyclic amines) is 1. The molecule has 1 amide bonds. The van der Waals surface area contributed by atoms with E-state index in [0.29, 0.717) is 24.4 Å². The lowest BCUT2D eigenvalue weighted by Crippen LogP contribution is -2.29. The third-order valence-corrected chi connectivity index (χ3v) is 4.45. The van der Waals surface area contributed by atoms with E-state index in [1.165, 1.54) is 44.2 Å². The number of halogens is 2. The van der Waals surface area contributed by atoms with Gasteiger partial charge >= 0.3 is 0 Å². The number of nitrogens with one attached hydrogen (secondary N) is 1. The van der Waals surface area contributed by atoms with Crippen molar-refractivity contribution in [3.05, 3.63) is 59.0 Å². The summed E-state index contributed by atoms with van der Waals surface area (Å²) in [5.74, 6) is 0.470. The van der Waals surface area contributed by atoms with Gasteiger partial charge in [-0.1, -0.05) is 30.7 Å². The summed E-state index contributed by atoms with van der Waals surface area (Å²) in [4.78, 5) is 14.6. The molecule has 1 aromatic carbocycles. The highest BCUT2D eigenvalue weighted by Crippen LogP contribution is 2.14. The van der Waals surface area contributed by atoms with Crippen molar-refractivity contribution in [3.8, 4) is 0 Å². The van der Waals surface area contributed by atoms with Crippen molar-refractivity contribution in [2.75, 3.05) is 13.1 Å². The number of hydrogen-bond acceptors (Lipinski definition) is 4. The fourth-order valence-corrected chi connectivity index (χ4v) is 3.03. The molecule has 1 aliphatic rings. The summed E-state index contributed by atoms with van der Waals surface area (Å²) < 4.78 is 5.18. The molecule has 5 nitrogen and oxygen atoms in total. The quantitative estimate of drug-likeness (QED) is 0.779. The van der Waals surface area contributed by atoms with Gasteiger partial charge in [0.2, 0.25) is 0 Å². The lowest BCUT2D eigenvalue weighted by molar-refractivity contribution is 0.0950. The Balaban J connectivity index is 0.00000169. The van der Waals surface area contributed by atoms with Crippen LogP contribution in [0.2, 0.25) is 0 Å². The average Bonchev–Trinajstić information content (AvgIpc) is 3.11. The molecule has 0 unspecified atom stereocenters. The van der Waals surface area contributed by atoms with E-state index in [1.54, 1.807) is 6.07 Å². The molecular weight excluding hydrogens is 373 g/mol. The maximum Gasteiger partial charge on any atom is 0.254 e. The van der Waals surface area contributed by atoms with Crippen molar-refractivity contribution in [3.63, 3.8) is 0 Å². The number of carbonyl (C=O) groups is 1. The monoisotopic (exact) mass is 399 g/mol. The van der Waals surface area contributed by atoms with E-state index in [-0.39, 0.29) is 30.7 Å². The molecule has 0 spiro atoms. The molecule has 0 saturated carbocycles. The first-order valence-corrected chi connectivity index (χ1v) is 8.60. The van der Waals surface area contributed by atoms with Crippen LogP contribution in [0, 0.1) is 0 Å². The Morgan fingerprint density at radius 1 is 1.08 bits per heavy atom. The summed E-state index contributed by atoms with van der Waals surface area (Å²) in [6.45, 7) is 4.22. The Morgan fingerprint density at radius 2 is 1.73 bits per heavy atom. The summed E-state index contributed by atoms with van der Waals surface area (Å²) >= 11 is 0. The topological polar surface area (TPSA) is 71.5 Å². The predicted molar refractivity (Wildman–Crippen MR) is 108 cm³/mol. The number of furan rings is 1. The molecule has 0 radical (unpaired) electrons. The van der Waals surface area contributed by atoms with Crippen molar-refractivity contribution < 1.29 is 9.21 Å². The number of nitrogens with two attached hydrogens (primary N) is 1. The second-order valence-corrected chi connectivity index (χ2v) is 6.34. The summed E-state index contributed by atoms with van der Waals surface area (Å²) in [6.07, 6.45) is 5.42. The zero-order chi connectivity index (χ0) is 16.8. The van der Waals surface area contributed by atoms with Gasteiger partial charge in [0.05, 0.1) is 12.1 Å². The number of rotatable bonds is 6. The van der Waals surface area contributed by atoms with Crippen LogP contribution in [0.4, 0.5) is 0 Å². The second kappa shape index (κ2) is 11.2. The minimum Gasteiger partial charge on any atom is -0.467 e. The van der Waals surface area contributed by atoms with Crippen LogP contribution in [-0.2, 0) is 19.6 Å². The maximum atomic E-state index is 12.1.